The Bertz CT molecular complexity index is 789. The number of aliphatic hydroxyl groups is 1. The van der Waals surface area contributed by atoms with Crippen molar-refractivity contribution < 1.29 is 28.0 Å². The normalized spacial score (nSPS) is 23.6. The molecule has 2 aliphatic rings. The van der Waals surface area contributed by atoms with Crippen molar-refractivity contribution in [3.63, 3.8) is 0 Å². The van der Waals surface area contributed by atoms with Gasteiger partial charge in [0.1, 0.15) is 0 Å². The summed E-state index contributed by atoms with van der Waals surface area (Å²) in [5.41, 5.74) is -4.11. The van der Waals surface area contributed by atoms with Crippen molar-refractivity contribution in [3.8, 4) is 0 Å². The summed E-state index contributed by atoms with van der Waals surface area (Å²) in [7, 11) is 0. The summed E-state index contributed by atoms with van der Waals surface area (Å²) in [6.07, 6.45) is -4.60. The van der Waals surface area contributed by atoms with Crippen LogP contribution in [0.4, 0.5) is 18.9 Å². The number of halogens is 3. The summed E-state index contributed by atoms with van der Waals surface area (Å²) in [5, 5.41) is 24.9. The lowest BCUT2D eigenvalue weighted by molar-refractivity contribution is -0.385. The summed E-state index contributed by atoms with van der Waals surface area (Å²) in [5.74, 6) is -1.39. The minimum atomic E-state index is -5.11. The molecule has 1 amide bonds. The molecule has 0 saturated heterocycles. The van der Waals surface area contributed by atoms with Crippen molar-refractivity contribution in [2.45, 2.75) is 38.1 Å². The number of hydrogen-bond acceptors (Lipinski definition) is 5. The number of carbonyl (C=O) groups excluding carboxylic acids is 1. The quantitative estimate of drug-likeness (QED) is 0.664. The Labute approximate surface area is 139 Å². The fraction of sp³-hybridized carbons (Fsp3) is 0.467. The van der Waals surface area contributed by atoms with Gasteiger partial charge in [0.15, 0.2) is 0 Å². The summed E-state index contributed by atoms with van der Waals surface area (Å²) in [6, 6.07) is 3.52. The lowest BCUT2D eigenvalue weighted by Crippen LogP contribution is -2.56. The number of nitro groups is 1. The van der Waals surface area contributed by atoms with Gasteiger partial charge in [-0.3, -0.25) is 14.9 Å². The van der Waals surface area contributed by atoms with Crippen LogP contribution in [0.3, 0.4) is 0 Å². The topological polar surface area (TPSA) is 96.0 Å². The van der Waals surface area contributed by atoms with Gasteiger partial charge >= 0.3 is 6.18 Å². The minimum absolute atomic E-state index is 0.0205. The number of amides is 1. The zero-order valence-electron chi connectivity index (χ0n) is 13.1. The molecule has 0 aromatic heterocycles. The summed E-state index contributed by atoms with van der Waals surface area (Å²) in [4.78, 5) is 22.9. The standard InChI is InChI=1S/C15H14F3N3O4/c1-8-10(3-2-4-12(8)21(24)25)13(22)20-14(23,15(16,17)18)7-11(19-20)9-5-6-9/h2-4,9,23H,5-7H2,1H3. The molecule has 1 fully saturated rings. The van der Waals surface area contributed by atoms with E-state index < -0.39 is 34.8 Å². The van der Waals surface area contributed by atoms with E-state index in [0.717, 1.165) is 6.07 Å². The van der Waals surface area contributed by atoms with Crippen molar-refractivity contribution in [2.75, 3.05) is 0 Å². The van der Waals surface area contributed by atoms with Crippen LogP contribution >= 0.6 is 0 Å². The highest BCUT2D eigenvalue weighted by Crippen LogP contribution is 2.45. The number of nitrogens with zero attached hydrogens (tertiary/aromatic N) is 3. The third-order valence-electron chi connectivity index (χ3n) is 4.43. The molecule has 1 heterocycles. The van der Waals surface area contributed by atoms with E-state index in [4.69, 9.17) is 0 Å². The molecule has 1 saturated carbocycles. The van der Waals surface area contributed by atoms with Gasteiger partial charge < -0.3 is 5.11 Å². The van der Waals surface area contributed by atoms with E-state index in [2.05, 4.69) is 5.10 Å². The molecule has 0 spiro atoms. The monoisotopic (exact) mass is 357 g/mol. The van der Waals surface area contributed by atoms with Crippen molar-refractivity contribution in [1.29, 1.82) is 0 Å². The molecule has 134 valence electrons. The third kappa shape index (κ3) is 2.76. The molecule has 1 N–H and O–H groups in total. The van der Waals surface area contributed by atoms with Crippen LogP contribution in [-0.2, 0) is 0 Å². The number of benzene rings is 1. The van der Waals surface area contributed by atoms with Gasteiger partial charge in [-0.1, -0.05) is 6.07 Å². The summed E-state index contributed by atoms with van der Waals surface area (Å²) < 4.78 is 40.2. The molecule has 25 heavy (non-hydrogen) atoms. The van der Waals surface area contributed by atoms with E-state index in [1.54, 1.807) is 0 Å². The van der Waals surface area contributed by atoms with Crippen LogP contribution in [0.2, 0.25) is 0 Å². The number of rotatable bonds is 3. The first-order chi connectivity index (χ1) is 11.6. The Balaban J connectivity index is 2.05. The first-order valence-corrected chi connectivity index (χ1v) is 7.51. The maximum absolute atomic E-state index is 13.4. The first kappa shape index (κ1) is 17.3. The van der Waals surface area contributed by atoms with Crippen LogP contribution in [0.25, 0.3) is 0 Å². The average molecular weight is 357 g/mol. The Kier molecular flexibility index (Phi) is 3.82. The van der Waals surface area contributed by atoms with Gasteiger partial charge in [-0.2, -0.15) is 23.3 Å². The maximum atomic E-state index is 13.4. The molecular formula is C15H14F3N3O4. The smallest absolute Gasteiger partial charge is 0.362 e. The minimum Gasteiger partial charge on any atom is -0.362 e. The molecule has 1 aromatic carbocycles. The van der Waals surface area contributed by atoms with E-state index in [1.165, 1.54) is 19.1 Å². The van der Waals surface area contributed by atoms with Gasteiger partial charge in [-0.15, -0.1) is 0 Å². The molecule has 1 aromatic rings. The highest BCUT2D eigenvalue weighted by Gasteiger charge is 2.64. The lowest BCUT2D eigenvalue weighted by Gasteiger charge is -2.32. The molecule has 1 aliphatic carbocycles. The number of carbonyl (C=O) groups is 1. The molecule has 0 bridgehead atoms. The number of hydrazone groups is 1. The molecular weight excluding hydrogens is 343 g/mol. The fourth-order valence-electron chi connectivity index (χ4n) is 2.82. The Morgan fingerprint density at radius 3 is 2.60 bits per heavy atom. The first-order valence-electron chi connectivity index (χ1n) is 7.51. The SMILES string of the molecule is Cc1c(C(=O)N2N=C(C3CC3)CC2(O)C(F)(F)F)cccc1[N+](=O)[O-]. The second-order valence-electron chi connectivity index (χ2n) is 6.18. The highest BCUT2D eigenvalue weighted by molar-refractivity contribution is 6.00. The van der Waals surface area contributed by atoms with Gasteiger partial charge in [0, 0.05) is 23.8 Å². The van der Waals surface area contributed by atoms with Crippen molar-refractivity contribution in [1.82, 2.24) is 5.01 Å². The zero-order valence-corrected chi connectivity index (χ0v) is 13.1. The predicted octanol–water partition coefficient (Wildman–Crippen LogP) is 2.77. The number of nitro benzene ring substituents is 1. The van der Waals surface area contributed by atoms with Crippen LogP contribution in [-0.4, -0.2) is 38.6 Å². The molecule has 1 unspecified atom stereocenters. The fourth-order valence-corrected chi connectivity index (χ4v) is 2.82. The molecule has 0 radical (unpaired) electrons. The molecule has 3 rings (SSSR count). The van der Waals surface area contributed by atoms with Crippen LogP contribution in [0, 0.1) is 23.0 Å². The largest absolute Gasteiger partial charge is 0.438 e. The molecule has 7 nitrogen and oxygen atoms in total. The van der Waals surface area contributed by atoms with Crippen LogP contribution in [0.1, 0.15) is 35.2 Å². The van der Waals surface area contributed by atoms with Gasteiger partial charge in [0.2, 0.25) is 0 Å². The Hall–Kier alpha value is -2.49. The zero-order chi connectivity index (χ0) is 18.6. The van der Waals surface area contributed by atoms with Crippen LogP contribution < -0.4 is 0 Å². The predicted molar refractivity (Wildman–Crippen MR) is 79.8 cm³/mol. The van der Waals surface area contributed by atoms with E-state index in [0.29, 0.717) is 12.8 Å². The van der Waals surface area contributed by atoms with Crippen molar-refractivity contribution in [2.24, 2.45) is 11.0 Å². The Morgan fingerprint density at radius 1 is 1.44 bits per heavy atom. The van der Waals surface area contributed by atoms with Crippen LogP contribution in [0.15, 0.2) is 23.3 Å². The average Bonchev–Trinajstić information content (AvgIpc) is 3.29. The summed E-state index contributed by atoms with van der Waals surface area (Å²) >= 11 is 0. The van der Waals surface area contributed by atoms with E-state index in [9.17, 15) is 33.2 Å². The molecule has 1 aliphatic heterocycles. The van der Waals surface area contributed by atoms with Crippen molar-refractivity contribution in [3.05, 3.63) is 39.4 Å². The van der Waals surface area contributed by atoms with Gasteiger partial charge in [0.25, 0.3) is 17.3 Å². The third-order valence-corrected chi connectivity index (χ3v) is 4.43. The van der Waals surface area contributed by atoms with E-state index >= 15 is 0 Å². The molecule has 10 heteroatoms. The van der Waals surface area contributed by atoms with E-state index in [1.807, 2.05) is 0 Å². The maximum Gasteiger partial charge on any atom is 0.438 e. The lowest BCUT2D eigenvalue weighted by atomic mass is 10.0. The Morgan fingerprint density at radius 2 is 2.08 bits per heavy atom. The van der Waals surface area contributed by atoms with Gasteiger partial charge in [-0.05, 0) is 31.7 Å². The number of hydrogen-bond donors (Lipinski definition) is 1. The molecule has 1 atom stereocenters. The van der Waals surface area contributed by atoms with Gasteiger partial charge in [-0.25, -0.2) is 0 Å². The highest BCUT2D eigenvalue weighted by atomic mass is 19.4. The second-order valence-corrected chi connectivity index (χ2v) is 6.18. The van der Waals surface area contributed by atoms with E-state index in [-0.39, 0.29) is 27.8 Å². The van der Waals surface area contributed by atoms with Crippen LogP contribution in [0.5, 0.6) is 0 Å². The van der Waals surface area contributed by atoms with Gasteiger partial charge in [0.05, 0.1) is 10.5 Å². The van der Waals surface area contributed by atoms with Crippen molar-refractivity contribution >= 4 is 17.3 Å². The summed E-state index contributed by atoms with van der Waals surface area (Å²) in [6.45, 7) is 1.26. The second kappa shape index (κ2) is 5.51. The number of alkyl halides is 3.